The number of likely N-dealkylation sites (N-methyl/N-ethyl adjacent to an activating group) is 1. The maximum Gasteiger partial charge on any atom is 0.243 e. The Morgan fingerprint density at radius 2 is 1.91 bits per heavy atom. The first kappa shape index (κ1) is 24.8. The number of carbonyl (C=O) groups excluding carboxylic acids is 1. The van der Waals surface area contributed by atoms with E-state index in [4.69, 9.17) is 0 Å². The summed E-state index contributed by atoms with van der Waals surface area (Å²) in [6.07, 6.45) is 2.19. The van der Waals surface area contributed by atoms with E-state index in [9.17, 15) is 18.3 Å². The number of hydrogen-bond donors (Lipinski definition) is 2. The Hall–Kier alpha value is -2.88. The number of aliphatic hydroxyl groups excluding tert-OH is 1. The molecule has 0 amide bonds. The minimum Gasteiger partial charge on any atom is -0.381 e. The lowest BCUT2D eigenvalue weighted by atomic mass is 9.97. The summed E-state index contributed by atoms with van der Waals surface area (Å²) in [7, 11) is -2.59. The predicted molar refractivity (Wildman–Crippen MR) is 127 cm³/mol. The van der Waals surface area contributed by atoms with Crippen molar-refractivity contribution in [3.8, 4) is 0 Å². The van der Waals surface area contributed by atoms with Gasteiger partial charge >= 0.3 is 0 Å². The van der Waals surface area contributed by atoms with Crippen LogP contribution in [0.5, 0.6) is 0 Å². The molecule has 176 valence electrons. The molecule has 3 aromatic rings. The van der Waals surface area contributed by atoms with E-state index in [0.717, 1.165) is 38.5 Å². The van der Waals surface area contributed by atoms with Crippen LogP contribution < -0.4 is 0 Å². The second-order valence-electron chi connectivity index (χ2n) is 8.55. The van der Waals surface area contributed by atoms with Crippen molar-refractivity contribution in [1.82, 2.24) is 19.3 Å². The maximum atomic E-state index is 13.3. The summed E-state index contributed by atoms with van der Waals surface area (Å²) in [5, 5.41) is 9.95. The van der Waals surface area contributed by atoms with Crippen LogP contribution in [0.25, 0.3) is 11.0 Å². The van der Waals surface area contributed by atoms with Crippen molar-refractivity contribution in [3.63, 3.8) is 0 Å². The molecular weight excluding hydrogens is 440 g/mol. The van der Waals surface area contributed by atoms with E-state index in [0.29, 0.717) is 6.42 Å². The van der Waals surface area contributed by atoms with Gasteiger partial charge in [0.25, 0.3) is 0 Å². The molecule has 0 bridgehead atoms. The number of aliphatic hydroxyl groups is 1. The van der Waals surface area contributed by atoms with Gasteiger partial charge in [-0.05, 0) is 43.0 Å². The predicted octanol–water partition coefficient (Wildman–Crippen LogP) is 3.01. The number of nitrogens with zero attached hydrogens (tertiary/aromatic N) is 3. The van der Waals surface area contributed by atoms with E-state index in [1.54, 1.807) is 18.3 Å². The van der Waals surface area contributed by atoms with Gasteiger partial charge in [0.1, 0.15) is 17.4 Å². The number of ketones is 1. The molecule has 8 nitrogen and oxygen atoms in total. The molecule has 9 heteroatoms. The fourth-order valence-corrected chi connectivity index (χ4v) is 5.09. The molecule has 2 heterocycles. The number of aryl methyl sites for hydroxylation is 1. The Labute approximate surface area is 194 Å². The van der Waals surface area contributed by atoms with Crippen molar-refractivity contribution in [2.24, 2.45) is 5.92 Å². The number of rotatable bonds is 10. The van der Waals surface area contributed by atoms with E-state index in [-0.39, 0.29) is 17.2 Å². The number of benzene rings is 1. The Bertz CT molecular complexity index is 1250. The maximum absolute atomic E-state index is 13.3. The van der Waals surface area contributed by atoms with E-state index in [1.165, 1.54) is 19.2 Å². The summed E-state index contributed by atoms with van der Waals surface area (Å²) in [5.41, 5.74) is 3.38. The van der Waals surface area contributed by atoms with Crippen LogP contribution in [0, 0.1) is 12.8 Å². The summed E-state index contributed by atoms with van der Waals surface area (Å²) in [5.74, 6) is 0.266. The highest BCUT2D eigenvalue weighted by Crippen LogP contribution is 2.24. The summed E-state index contributed by atoms with van der Waals surface area (Å²) in [6, 6.07) is 7.39. The van der Waals surface area contributed by atoms with Gasteiger partial charge in [-0.25, -0.2) is 13.4 Å². The van der Waals surface area contributed by atoms with Crippen LogP contribution in [0.4, 0.5) is 0 Å². The standard InChI is InChI=1S/C24H30N4O4S/c1-6-22(29)24(30)21(13-15(2)3)28(5)33(31,32)18-9-7-17(8-10-18)14-20-23-19(11-12-25-20)26-16(4)27-23/h6-12,15,21-22,29H,1,13-14H2,2-5H3,(H,26,27)/t21-,22?/m0/s1. The molecule has 0 saturated carbocycles. The lowest BCUT2D eigenvalue weighted by Gasteiger charge is -2.28. The lowest BCUT2D eigenvalue weighted by molar-refractivity contribution is -0.129. The summed E-state index contributed by atoms with van der Waals surface area (Å²) in [6.45, 7) is 9.11. The normalized spacial score (nSPS) is 14.0. The number of aromatic amines is 1. The lowest BCUT2D eigenvalue weighted by Crippen LogP contribution is -2.46. The van der Waals surface area contributed by atoms with Crippen molar-refractivity contribution in [2.45, 2.75) is 50.7 Å². The molecule has 0 aliphatic rings. The average Bonchev–Trinajstić information content (AvgIpc) is 3.17. The van der Waals surface area contributed by atoms with Crippen molar-refractivity contribution in [3.05, 3.63) is 66.3 Å². The molecule has 2 aromatic heterocycles. The molecule has 2 N–H and O–H groups in total. The largest absolute Gasteiger partial charge is 0.381 e. The highest BCUT2D eigenvalue weighted by molar-refractivity contribution is 7.89. The summed E-state index contributed by atoms with van der Waals surface area (Å²) < 4.78 is 27.6. The zero-order valence-electron chi connectivity index (χ0n) is 19.3. The second kappa shape index (κ2) is 9.94. The van der Waals surface area contributed by atoms with Crippen LogP contribution in [-0.4, -0.2) is 57.8 Å². The van der Waals surface area contributed by atoms with Crippen LogP contribution in [0.1, 0.15) is 37.4 Å². The molecule has 1 unspecified atom stereocenters. The topological polar surface area (TPSA) is 116 Å². The molecule has 0 fully saturated rings. The van der Waals surface area contributed by atoms with Crippen molar-refractivity contribution < 1.29 is 18.3 Å². The number of H-pyrrole nitrogens is 1. The molecule has 2 atom stereocenters. The number of hydrogen-bond acceptors (Lipinski definition) is 6. The van der Waals surface area contributed by atoms with Gasteiger partial charge < -0.3 is 10.1 Å². The number of Topliss-reactive ketones (excluding diaryl/α,β-unsaturated/α-hetero) is 1. The van der Waals surface area contributed by atoms with Crippen molar-refractivity contribution in [1.29, 1.82) is 0 Å². The first-order valence-electron chi connectivity index (χ1n) is 10.8. The Balaban J connectivity index is 1.85. The zero-order chi connectivity index (χ0) is 24.3. The average molecular weight is 471 g/mol. The number of fused-ring (bicyclic) bond motifs is 1. The molecule has 0 aliphatic heterocycles. The highest BCUT2D eigenvalue weighted by atomic mass is 32.2. The van der Waals surface area contributed by atoms with Crippen LogP contribution in [0.3, 0.4) is 0 Å². The smallest absolute Gasteiger partial charge is 0.243 e. The molecule has 0 spiro atoms. The third-order valence-electron chi connectivity index (χ3n) is 5.54. The van der Waals surface area contributed by atoms with Gasteiger partial charge in [0, 0.05) is 19.7 Å². The SMILES string of the molecule is C=CC(O)C(=O)[C@H](CC(C)C)N(C)S(=O)(=O)c1ccc(Cc2nccc3[nH]c(C)nc23)cc1. The van der Waals surface area contributed by atoms with Crippen LogP contribution in [0.2, 0.25) is 0 Å². The van der Waals surface area contributed by atoms with Crippen LogP contribution in [0.15, 0.2) is 54.1 Å². The quantitative estimate of drug-likeness (QED) is 0.440. The molecule has 33 heavy (non-hydrogen) atoms. The number of aromatic nitrogens is 3. The number of pyridine rings is 1. The third kappa shape index (κ3) is 5.38. The molecule has 3 rings (SSSR count). The van der Waals surface area contributed by atoms with Crippen molar-refractivity contribution >= 4 is 26.8 Å². The van der Waals surface area contributed by atoms with E-state index < -0.39 is 28.0 Å². The monoisotopic (exact) mass is 470 g/mol. The molecular formula is C24H30N4O4S. The van der Waals surface area contributed by atoms with E-state index in [1.807, 2.05) is 26.8 Å². The van der Waals surface area contributed by atoms with Gasteiger partial charge in [-0.15, -0.1) is 6.58 Å². The Morgan fingerprint density at radius 1 is 1.24 bits per heavy atom. The molecule has 0 radical (unpaired) electrons. The molecule has 0 aliphatic carbocycles. The number of nitrogens with one attached hydrogen (secondary N) is 1. The van der Waals surface area contributed by atoms with Gasteiger partial charge in [-0.1, -0.05) is 32.1 Å². The number of carbonyl (C=O) groups is 1. The summed E-state index contributed by atoms with van der Waals surface area (Å²) >= 11 is 0. The number of imidazole rings is 1. The van der Waals surface area contributed by atoms with Gasteiger partial charge in [-0.2, -0.15) is 4.31 Å². The second-order valence-corrected chi connectivity index (χ2v) is 10.5. The first-order chi connectivity index (χ1) is 15.5. The third-order valence-corrected chi connectivity index (χ3v) is 7.42. The number of sulfonamides is 1. The van der Waals surface area contributed by atoms with E-state index >= 15 is 0 Å². The summed E-state index contributed by atoms with van der Waals surface area (Å²) in [4.78, 5) is 24.8. The Morgan fingerprint density at radius 3 is 2.52 bits per heavy atom. The zero-order valence-corrected chi connectivity index (χ0v) is 20.1. The molecule has 1 aromatic carbocycles. The fourth-order valence-electron chi connectivity index (χ4n) is 3.75. The van der Waals surface area contributed by atoms with Gasteiger partial charge in [0.15, 0.2) is 5.78 Å². The van der Waals surface area contributed by atoms with E-state index in [2.05, 4.69) is 21.5 Å². The van der Waals surface area contributed by atoms with Gasteiger partial charge in [-0.3, -0.25) is 9.78 Å². The van der Waals surface area contributed by atoms with Crippen LogP contribution >= 0.6 is 0 Å². The minimum atomic E-state index is -3.96. The first-order valence-corrected chi connectivity index (χ1v) is 12.2. The van der Waals surface area contributed by atoms with Gasteiger partial charge in [0.05, 0.1) is 22.1 Å². The fraction of sp³-hybridized carbons (Fsp3) is 0.375. The highest BCUT2D eigenvalue weighted by Gasteiger charge is 2.35. The van der Waals surface area contributed by atoms with Gasteiger partial charge in [0.2, 0.25) is 10.0 Å². The Kier molecular flexibility index (Phi) is 7.46. The molecule has 0 saturated heterocycles. The van der Waals surface area contributed by atoms with Crippen molar-refractivity contribution in [2.75, 3.05) is 7.05 Å². The van der Waals surface area contributed by atoms with Crippen LogP contribution in [-0.2, 0) is 21.2 Å². The minimum absolute atomic E-state index is 0.0527.